The Kier molecular flexibility index (Phi) is 6.35. The molecule has 19 heavy (non-hydrogen) atoms. The number of hydrogen-bond acceptors (Lipinski definition) is 3. The molecule has 1 aromatic rings. The Morgan fingerprint density at radius 1 is 1.37 bits per heavy atom. The minimum Gasteiger partial charge on any atom is -0.314 e. The molecule has 0 aromatic carbocycles. The lowest BCUT2D eigenvalue weighted by atomic mass is 10.0. The van der Waals surface area contributed by atoms with E-state index in [1.54, 1.807) is 0 Å². The maximum absolute atomic E-state index is 3.75. The first-order valence-electron chi connectivity index (χ1n) is 7.81. The third kappa shape index (κ3) is 4.59. The van der Waals surface area contributed by atoms with E-state index >= 15 is 0 Å². The molecule has 0 aliphatic heterocycles. The predicted molar refractivity (Wildman–Crippen MR) is 84.7 cm³/mol. The van der Waals surface area contributed by atoms with Crippen LogP contribution in [0.5, 0.6) is 0 Å². The highest BCUT2D eigenvalue weighted by atomic mass is 32.1. The summed E-state index contributed by atoms with van der Waals surface area (Å²) in [6.45, 7) is 9.27. The molecule has 2 unspecified atom stereocenters. The molecular weight excluding hydrogens is 252 g/mol. The van der Waals surface area contributed by atoms with Gasteiger partial charge in [0.15, 0.2) is 0 Å². The third-order valence-corrected chi connectivity index (χ3v) is 5.08. The molecule has 1 N–H and O–H groups in total. The Bertz CT molecular complexity index is 337. The Morgan fingerprint density at radius 2 is 2.26 bits per heavy atom. The molecule has 1 aliphatic rings. The summed E-state index contributed by atoms with van der Waals surface area (Å²) in [5, 5.41) is 5.93. The van der Waals surface area contributed by atoms with Gasteiger partial charge in [-0.2, -0.15) is 0 Å². The Balaban J connectivity index is 1.83. The second-order valence-electron chi connectivity index (χ2n) is 5.66. The molecule has 0 bridgehead atoms. The first-order valence-corrected chi connectivity index (χ1v) is 8.69. The van der Waals surface area contributed by atoms with E-state index in [0.29, 0.717) is 0 Å². The molecule has 0 saturated heterocycles. The maximum atomic E-state index is 3.75. The monoisotopic (exact) mass is 280 g/mol. The molecule has 2 atom stereocenters. The zero-order chi connectivity index (χ0) is 13.5. The summed E-state index contributed by atoms with van der Waals surface area (Å²) < 4.78 is 0. The Labute approximate surface area is 122 Å². The van der Waals surface area contributed by atoms with E-state index in [1.165, 1.54) is 43.6 Å². The maximum Gasteiger partial charge on any atom is 0.0327 e. The van der Waals surface area contributed by atoms with Crippen molar-refractivity contribution in [3.05, 3.63) is 22.4 Å². The van der Waals surface area contributed by atoms with Crippen molar-refractivity contribution in [2.75, 3.05) is 19.6 Å². The van der Waals surface area contributed by atoms with Crippen molar-refractivity contribution in [1.82, 2.24) is 10.2 Å². The number of nitrogens with zero attached hydrogens (tertiary/aromatic N) is 1. The average Bonchev–Trinajstić information content (AvgIpc) is 3.07. The molecule has 0 spiro atoms. The van der Waals surface area contributed by atoms with Gasteiger partial charge in [-0.3, -0.25) is 4.90 Å². The van der Waals surface area contributed by atoms with Crippen LogP contribution >= 0.6 is 11.3 Å². The van der Waals surface area contributed by atoms with Crippen molar-refractivity contribution in [1.29, 1.82) is 0 Å². The van der Waals surface area contributed by atoms with E-state index < -0.39 is 0 Å². The number of rotatable bonds is 8. The summed E-state index contributed by atoms with van der Waals surface area (Å²) in [7, 11) is 0. The van der Waals surface area contributed by atoms with Gasteiger partial charge in [-0.15, -0.1) is 11.3 Å². The summed E-state index contributed by atoms with van der Waals surface area (Å²) >= 11 is 1.88. The normalized spacial score (nSPS) is 23.3. The molecular formula is C16H28N2S. The quantitative estimate of drug-likeness (QED) is 0.780. The molecule has 2 nitrogen and oxygen atoms in total. The van der Waals surface area contributed by atoms with Crippen molar-refractivity contribution in [3.8, 4) is 0 Å². The van der Waals surface area contributed by atoms with E-state index in [4.69, 9.17) is 0 Å². The first-order chi connectivity index (χ1) is 9.33. The molecule has 1 aliphatic carbocycles. The Hall–Kier alpha value is -0.380. The van der Waals surface area contributed by atoms with Crippen LogP contribution < -0.4 is 5.32 Å². The van der Waals surface area contributed by atoms with Crippen LogP contribution in [0, 0.1) is 5.92 Å². The van der Waals surface area contributed by atoms with Crippen LogP contribution in [-0.4, -0.2) is 30.6 Å². The summed E-state index contributed by atoms with van der Waals surface area (Å²) in [4.78, 5) is 4.11. The summed E-state index contributed by atoms with van der Waals surface area (Å²) in [6.07, 6.45) is 5.43. The number of hydrogen-bond donors (Lipinski definition) is 1. The number of thiophene rings is 1. The molecule has 1 saturated carbocycles. The second-order valence-corrected chi connectivity index (χ2v) is 6.69. The van der Waals surface area contributed by atoms with E-state index in [-0.39, 0.29) is 0 Å². The molecule has 1 fully saturated rings. The highest BCUT2D eigenvalue weighted by Crippen LogP contribution is 2.27. The van der Waals surface area contributed by atoms with Crippen LogP contribution in [0.1, 0.15) is 44.4 Å². The molecule has 108 valence electrons. The van der Waals surface area contributed by atoms with Crippen molar-refractivity contribution < 1.29 is 0 Å². The third-order valence-electron chi connectivity index (χ3n) is 4.22. The highest BCUT2D eigenvalue weighted by molar-refractivity contribution is 7.09. The topological polar surface area (TPSA) is 15.3 Å². The largest absolute Gasteiger partial charge is 0.314 e. The Morgan fingerprint density at radius 3 is 2.95 bits per heavy atom. The molecule has 3 heteroatoms. The lowest BCUT2D eigenvalue weighted by Gasteiger charge is -2.28. The lowest BCUT2D eigenvalue weighted by Crippen LogP contribution is -2.39. The number of nitrogens with one attached hydrogen (secondary N) is 1. The zero-order valence-electron chi connectivity index (χ0n) is 12.4. The average molecular weight is 280 g/mol. The molecule has 1 heterocycles. The van der Waals surface area contributed by atoms with Crippen LogP contribution in [0.25, 0.3) is 0 Å². The molecule has 0 radical (unpaired) electrons. The minimum atomic E-state index is 0.761. The van der Waals surface area contributed by atoms with E-state index in [1.807, 2.05) is 11.3 Å². The van der Waals surface area contributed by atoms with E-state index in [2.05, 4.69) is 41.6 Å². The minimum absolute atomic E-state index is 0.761. The fraction of sp³-hybridized carbons (Fsp3) is 0.750. The standard InChI is InChI=1S/C16H28N2S/c1-3-10-17-16-9-5-7-14(16)12-18(4-2)13-15-8-6-11-19-15/h6,8,11,14,16-17H,3-5,7,9-10,12-13H2,1-2H3. The van der Waals surface area contributed by atoms with Crippen molar-refractivity contribution in [2.45, 2.75) is 52.1 Å². The first kappa shape index (κ1) is 15.0. The van der Waals surface area contributed by atoms with Crippen LogP contribution in [0.15, 0.2) is 17.5 Å². The van der Waals surface area contributed by atoms with Gasteiger partial charge in [0.2, 0.25) is 0 Å². The van der Waals surface area contributed by atoms with Crippen LogP contribution in [-0.2, 0) is 6.54 Å². The molecule has 2 rings (SSSR count). The zero-order valence-corrected chi connectivity index (χ0v) is 13.2. The van der Waals surface area contributed by atoms with E-state index in [0.717, 1.165) is 25.0 Å². The van der Waals surface area contributed by atoms with Crippen molar-refractivity contribution >= 4 is 11.3 Å². The van der Waals surface area contributed by atoms with Gasteiger partial charge in [0.25, 0.3) is 0 Å². The van der Waals surface area contributed by atoms with Crippen molar-refractivity contribution in [2.24, 2.45) is 5.92 Å². The fourth-order valence-corrected chi connectivity index (χ4v) is 3.86. The van der Waals surface area contributed by atoms with E-state index in [9.17, 15) is 0 Å². The second kappa shape index (κ2) is 8.03. The predicted octanol–water partition coefficient (Wildman–Crippen LogP) is 3.74. The van der Waals surface area contributed by atoms with Crippen LogP contribution in [0.3, 0.4) is 0 Å². The van der Waals surface area contributed by atoms with Gasteiger partial charge in [-0.05, 0) is 49.7 Å². The van der Waals surface area contributed by atoms with Gasteiger partial charge in [0, 0.05) is 24.0 Å². The van der Waals surface area contributed by atoms with Gasteiger partial charge in [0.1, 0.15) is 0 Å². The smallest absolute Gasteiger partial charge is 0.0327 e. The fourth-order valence-electron chi connectivity index (χ4n) is 3.11. The van der Waals surface area contributed by atoms with Crippen LogP contribution in [0.4, 0.5) is 0 Å². The van der Waals surface area contributed by atoms with Gasteiger partial charge in [-0.25, -0.2) is 0 Å². The SMILES string of the molecule is CCCNC1CCCC1CN(CC)Cc1cccs1. The van der Waals surface area contributed by atoms with Crippen LogP contribution in [0.2, 0.25) is 0 Å². The summed E-state index contributed by atoms with van der Waals surface area (Å²) in [5.74, 6) is 0.853. The summed E-state index contributed by atoms with van der Waals surface area (Å²) in [6, 6.07) is 5.18. The molecule has 0 amide bonds. The van der Waals surface area contributed by atoms with Gasteiger partial charge in [-0.1, -0.05) is 26.3 Å². The molecule has 1 aromatic heterocycles. The van der Waals surface area contributed by atoms with Gasteiger partial charge < -0.3 is 5.32 Å². The highest BCUT2D eigenvalue weighted by Gasteiger charge is 2.27. The van der Waals surface area contributed by atoms with Crippen molar-refractivity contribution in [3.63, 3.8) is 0 Å². The summed E-state index contributed by atoms with van der Waals surface area (Å²) in [5.41, 5.74) is 0. The lowest BCUT2D eigenvalue weighted by molar-refractivity contribution is 0.216. The van der Waals surface area contributed by atoms with Gasteiger partial charge in [0.05, 0.1) is 0 Å². The van der Waals surface area contributed by atoms with Gasteiger partial charge >= 0.3 is 0 Å².